The van der Waals surface area contributed by atoms with Crippen LogP contribution in [0.25, 0.3) is 0 Å². The summed E-state index contributed by atoms with van der Waals surface area (Å²) in [4.78, 5) is 32.3. The van der Waals surface area contributed by atoms with Gasteiger partial charge in [-0.3, -0.25) is 14.4 Å². The molecule has 0 spiro atoms. The average molecular weight is 166 g/mol. The molecule has 0 N–H and O–H groups in total. The number of carbonyl (C=O) groups is 3. The van der Waals surface area contributed by atoms with Crippen LogP contribution in [0.2, 0.25) is 0 Å². The first kappa shape index (κ1) is 7.21. The van der Waals surface area contributed by atoms with Gasteiger partial charge in [-0.1, -0.05) is 6.08 Å². The van der Waals surface area contributed by atoms with Crippen molar-refractivity contribution in [2.24, 2.45) is 11.8 Å². The molecule has 4 nitrogen and oxygen atoms in total. The van der Waals surface area contributed by atoms with Crippen LogP contribution in [0.4, 0.5) is 0 Å². The lowest BCUT2D eigenvalue weighted by molar-refractivity contribution is -0.153. The number of aldehydes is 1. The van der Waals surface area contributed by atoms with Gasteiger partial charge in [0.25, 0.3) is 0 Å². The van der Waals surface area contributed by atoms with Gasteiger partial charge in [-0.05, 0) is 6.42 Å². The third-order valence-corrected chi connectivity index (χ3v) is 2.26. The molecular formula is C8H6O4. The summed E-state index contributed by atoms with van der Waals surface area (Å²) >= 11 is 0. The third kappa shape index (κ3) is 0.747. The van der Waals surface area contributed by atoms with E-state index in [4.69, 9.17) is 0 Å². The van der Waals surface area contributed by atoms with Crippen molar-refractivity contribution in [1.82, 2.24) is 0 Å². The predicted molar refractivity (Wildman–Crippen MR) is 36.8 cm³/mol. The molecule has 0 aromatic heterocycles. The molecule has 0 radical (unpaired) electrons. The minimum absolute atomic E-state index is 0.385. The number of hydrogen-bond acceptors (Lipinski definition) is 4. The molecular weight excluding hydrogens is 160 g/mol. The lowest BCUT2D eigenvalue weighted by atomic mass is 9.94. The lowest BCUT2D eigenvalue weighted by Crippen LogP contribution is -2.14. The Morgan fingerprint density at radius 2 is 2.17 bits per heavy atom. The maximum Gasteiger partial charge on any atom is 0.322 e. The van der Waals surface area contributed by atoms with E-state index in [0.29, 0.717) is 18.3 Å². The molecule has 0 saturated carbocycles. The number of ether oxygens (including phenoxy) is 1. The van der Waals surface area contributed by atoms with Crippen LogP contribution in [0, 0.1) is 11.8 Å². The van der Waals surface area contributed by atoms with Crippen molar-refractivity contribution < 1.29 is 19.1 Å². The van der Waals surface area contributed by atoms with E-state index in [0.717, 1.165) is 0 Å². The highest BCUT2D eigenvalue weighted by Gasteiger charge is 2.48. The Kier molecular flexibility index (Phi) is 1.36. The van der Waals surface area contributed by atoms with E-state index >= 15 is 0 Å². The summed E-state index contributed by atoms with van der Waals surface area (Å²) < 4.78 is 4.38. The molecule has 0 amide bonds. The van der Waals surface area contributed by atoms with Crippen LogP contribution >= 0.6 is 0 Å². The topological polar surface area (TPSA) is 60.4 Å². The zero-order valence-corrected chi connectivity index (χ0v) is 6.15. The molecule has 12 heavy (non-hydrogen) atoms. The molecule has 0 bridgehead atoms. The second-order valence-electron chi connectivity index (χ2n) is 2.88. The van der Waals surface area contributed by atoms with E-state index in [1.54, 1.807) is 6.08 Å². The highest BCUT2D eigenvalue weighted by molar-refractivity contribution is 6.02. The van der Waals surface area contributed by atoms with Crippen LogP contribution < -0.4 is 0 Å². The second-order valence-corrected chi connectivity index (χ2v) is 2.88. The van der Waals surface area contributed by atoms with Gasteiger partial charge in [0.05, 0.1) is 11.8 Å². The Bertz CT molecular complexity index is 302. The first-order chi connectivity index (χ1) is 5.74. The van der Waals surface area contributed by atoms with E-state index in [1.807, 2.05) is 0 Å². The van der Waals surface area contributed by atoms with Gasteiger partial charge in [0.15, 0.2) is 0 Å². The number of allylic oxidation sites excluding steroid dienone is 1. The molecule has 1 aliphatic heterocycles. The van der Waals surface area contributed by atoms with Gasteiger partial charge >= 0.3 is 11.9 Å². The van der Waals surface area contributed by atoms with Crippen molar-refractivity contribution in [2.45, 2.75) is 6.42 Å². The van der Waals surface area contributed by atoms with Crippen LogP contribution in [0.1, 0.15) is 6.42 Å². The van der Waals surface area contributed by atoms with Crippen molar-refractivity contribution in [3.63, 3.8) is 0 Å². The highest BCUT2D eigenvalue weighted by atomic mass is 16.6. The number of hydrogen-bond donors (Lipinski definition) is 0. The van der Waals surface area contributed by atoms with E-state index in [2.05, 4.69) is 4.74 Å². The maximum absolute atomic E-state index is 11.0. The quantitative estimate of drug-likeness (QED) is 0.308. The normalized spacial score (nSPS) is 32.8. The highest BCUT2D eigenvalue weighted by Crippen LogP contribution is 2.37. The monoisotopic (exact) mass is 166 g/mol. The largest absolute Gasteiger partial charge is 0.392 e. The van der Waals surface area contributed by atoms with Crippen molar-refractivity contribution >= 4 is 18.2 Å². The van der Waals surface area contributed by atoms with Gasteiger partial charge in [-0.2, -0.15) is 0 Å². The fourth-order valence-electron chi connectivity index (χ4n) is 1.65. The Morgan fingerprint density at radius 3 is 2.83 bits per heavy atom. The van der Waals surface area contributed by atoms with Gasteiger partial charge in [-0.25, -0.2) is 0 Å². The van der Waals surface area contributed by atoms with Gasteiger partial charge < -0.3 is 4.74 Å². The summed E-state index contributed by atoms with van der Waals surface area (Å²) in [5, 5.41) is 0. The molecule has 0 aromatic rings. The summed E-state index contributed by atoms with van der Waals surface area (Å²) in [6.45, 7) is 0. The van der Waals surface area contributed by atoms with E-state index in [9.17, 15) is 14.4 Å². The fraction of sp³-hybridized carbons (Fsp3) is 0.375. The number of esters is 2. The van der Waals surface area contributed by atoms with Crippen molar-refractivity contribution in [3.8, 4) is 0 Å². The van der Waals surface area contributed by atoms with Crippen LogP contribution in [0.3, 0.4) is 0 Å². The molecule has 62 valence electrons. The average Bonchev–Trinajstić information content (AvgIpc) is 2.55. The summed E-state index contributed by atoms with van der Waals surface area (Å²) in [7, 11) is 0. The SMILES string of the molecule is O=CC1=CC[C@@H]2C(=O)OC(=O)[C@H]12. The Labute approximate surface area is 68.2 Å². The molecule has 2 rings (SSSR count). The van der Waals surface area contributed by atoms with Crippen molar-refractivity contribution in [3.05, 3.63) is 11.6 Å². The molecule has 1 fully saturated rings. The molecule has 4 heteroatoms. The summed E-state index contributed by atoms with van der Waals surface area (Å²) in [6.07, 6.45) is 2.69. The van der Waals surface area contributed by atoms with Crippen LogP contribution in [-0.4, -0.2) is 18.2 Å². The predicted octanol–water partition coefficient (Wildman–Crippen LogP) is -0.169. The lowest BCUT2D eigenvalue weighted by Gasteiger charge is -2.00. The Morgan fingerprint density at radius 1 is 1.42 bits per heavy atom. The minimum Gasteiger partial charge on any atom is -0.392 e. The van der Waals surface area contributed by atoms with Gasteiger partial charge in [0.1, 0.15) is 6.29 Å². The van der Waals surface area contributed by atoms with Gasteiger partial charge in [-0.15, -0.1) is 0 Å². The molecule has 0 unspecified atom stereocenters. The van der Waals surface area contributed by atoms with E-state index < -0.39 is 23.8 Å². The van der Waals surface area contributed by atoms with Crippen molar-refractivity contribution in [2.75, 3.05) is 0 Å². The smallest absolute Gasteiger partial charge is 0.322 e. The van der Waals surface area contributed by atoms with Crippen molar-refractivity contribution in [1.29, 1.82) is 0 Å². The fourth-order valence-corrected chi connectivity index (χ4v) is 1.65. The van der Waals surface area contributed by atoms with E-state index in [-0.39, 0.29) is 0 Å². The maximum atomic E-state index is 11.0. The minimum atomic E-state index is -0.616. The second kappa shape index (κ2) is 2.27. The number of fused-ring (bicyclic) bond motifs is 1. The molecule has 1 saturated heterocycles. The van der Waals surface area contributed by atoms with Crippen LogP contribution in [-0.2, 0) is 19.1 Å². The van der Waals surface area contributed by atoms with Gasteiger partial charge in [0, 0.05) is 5.57 Å². The molecule has 1 heterocycles. The molecule has 2 aliphatic rings. The number of carbonyl (C=O) groups excluding carboxylic acids is 3. The third-order valence-electron chi connectivity index (χ3n) is 2.26. The van der Waals surface area contributed by atoms with Crippen LogP contribution in [0.5, 0.6) is 0 Å². The van der Waals surface area contributed by atoms with Crippen LogP contribution in [0.15, 0.2) is 11.6 Å². The Hall–Kier alpha value is -1.45. The van der Waals surface area contributed by atoms with Gasteiger partial charge in [0.2, 0.25) is 0 Å². The molecule has 2 atom stereocenters. The first-order valence-electron chi connectivity index (χ1n) is 3.65. The zero-order valence-electron chi connectivity index (χ0n) is 6.15. The zero-order chi connectivity index (χ0) is 8.72. The number of rotatable bonds is 1. The first-order valence-corrected chi connectivity index (χ1v) is 3.65. The summed E-state index contributed by atoms with van der Waals surface area (Å²) in [5.74, 6) is -2.13. The van der Waals surface area contributed by atoms with E-state index in [1.165, 1.54) is 0 Å². The Balaban J connectivity index is 2.35. The summed E-state index contributed by atoms with van der Waals surface area (Å²) in [6, 6.07) is 0. The summed E-state index contributed by atoms with van der Waals surface area (Å²) in [5.41, 5.74) is 0.385. The number of cyclic esters (lactones) is 2. The molecule has 1 aliphatic carbocycles. The standard InChI is InChI=1S/C8H6O4/c9-3-4-1-2-5-6(4)8(11)12-7(5)10/h1,3,5-6H,2H2/t5-,6+/m0/s1. The molecule has 0 aromatic carbocycles.